The number of aromatic nitrogens is 2. The predicted octanol–water partition coefficient (Wildman–Crippen LogP) is 4.14. The predicted molar refractivity (Wildman–Crippen MR) is 91.4 cm³/mol. The molecule has 5 nitrogen and oxygen atoms in total. The van der Waals surface area contributed by atoms with Crippen molar-refractivity contribution in [3.8, 4) is 5.75 Å². The maximum atomic E-state index is 11.8. The second kappa shape index (κ2) is 8.38. The number of rotatable bonds is 7. The van der Waals surface area contributed by atoms with Crippen molar-refractivity contribution >= 4 is 57.3 Å². The van der Waals surface area contributed by atoms with Crippen LogP contribution in [0.5, 0.6) is 5.75 Å². The first-order valence-electron chi connectivity index (χ1n) is 6.03. The minimum Gasteiger partial charge on any atom is -0.482 e. The zero-order valence-corrected chi connectivity index (χ0v) is 14.4. The molecule has 0 fully saturated rings. The Labute approximate surface area is 145 Å². The number of amides is 1. The van der Waals surface area contributed by atoms with E-state index in [1.165, 1.54) is 23.1 Å². The molecule has 0 spiro atoms. The average Bonchev–Trinajstić information content (AvgIpc) is 2.91. The summed E-state index contributed by atoms with van der Waals surface area (Å²) in [4.78, 5) is 11.8. The maximum absolute atomic E-state index is 11.8. The molecule has 0 aliphatic rings. The molecular formula is C13H11Cl2N3O2S2. The van der Waals surface area contributed by atoms with Crippen molar-refractivity contribution in [3.05, 3.63) is 40.9 Å². The lowest BCUT2D eigenvalue weighted by molar-refractivity contribution is -0.118. The Morgan fingerprint density at radius 1 is 1.45 bits per heavy atom. The minimum atomic E-state index is -0.345. The number of ether oxygens (including phenoxy) is 1. The first kappa shape index (κ1) is 17.1. The second-order valence-corrected chi connectivity index (χ2v) is 6.97. The summed E-state index contributed by atoms with van der Waals surface area (Å²) in [6, 6.07) is 4.78. The summed E-state index contributed by atoms with van der Waals surface area (Å²) in [5.74, 6) is 0.781. The van der Waals surface area contributed by atoms with Crippen LogP contribution in [-0.2, 0) is 4.79 Å². The van der Waals surface area contributed by atoms with Crippen LogP contribution in [0.3, 0.4) is 0 Å². The SMILES string of the molecule is C=CCSc1nnc(NC(=O)COc2ccc(Cl)cc2Cl)s1. The molecule has 0 saturated heterocycles. The van der Waals surface area contributed by atoms with Crippen LogP contribution in [0.2, 0.25) is 10.0 Å². The largest absolute Gasteiger partial charge is 0.482 e. The molecule has 1 heterocycles. The van der Waals surface area contributed by atoms with E-state index in [-0.39, 0.29) is 12.5 Å². The Kier molecular flexibility index (Phi) is 6.50. The first-order chi connectivity index (χ1) is 10.6. The molecule has 1 aromatic carbocycles. The number of benzene rings is 1. The lowest BCUT2D eigenvalue weighted by atomic mass is 10.3. The summed E-state index contributed by atoms with van der Waals surface area (Å²) in [6.07, 6.45) is 1.77. The Morgan fingerprint density at radius 3 is 3.00 bits per heavy atom. The second-order valence-electron chi connectivity index (χ2n) is 3.88. The molecule has 1 aromatic heterocycles. The molecule has 0 bridgehead atoms. The Hall–Kier alpha value is -1.28. The van der Waals surface area contributed by atoms with Crippen molar-refractivity contribution in [1.82, 2.24) is 10.2 Å². The number of hydrogen-bond acceptors (Lipinski definition) is 6. The highest BCUT2D eigenvalue weighted by Crippen LogP contribution is 2.28. The van der Waals surface area contributed by atoms with Gasteiger partial charge >= 0.3 is 0 Å². The van der Waals surface area contributed by atoms with E-state index < -0.39 is 0 Å². The maximum Gasteiger partial charge on any atom is 0.264 e. The molecule has 0 atom stereocenters. The molecule has 0 aliphatic heterocycles. The number of carbonyl (C=O) groups is 1. The highest BCUT2D eigenvalue weighted by molar-refractivity contribution is 8.01. The third kappa shape index (κ3) is 5.17. The molecule has 1 amide bonds. The van der Waals surface area contributed by atoms with Crippen molar-refractivity contribution in [1.29, 1.82) is 0 Å². The summed E-state index contributed by atoms with van der Waals surface area (Å²) < 4.78 is 6.09. The molecule has 22 heavy (non-hydrogen) atoms. The van der Waals surface area contributed by atoms with Crippen LogP contribution in [0.1, 0.15) is 0 Å². The van der Waals surface area contributed by atoms with Gasteiger partial charge in [-0.3, -0.25) is 10.1 Å². The van der Waals surface area contributed by atoms with E-state index in [9.17, 15) is 4.79 Å². The number of hydrogen-bond donors (Lipinski definition) is 1. The number of halogens is 2. The number of carbonyl (C=O) groups excluding carboxylic acids is 1. The molecule has 0 aliphatic carbocycles. The zero-order chi connectivity index (χ0) is 15.9. The lowest BCUT2D eigenvalue weighted by Gasteiger charge is -2.07. The fourth-order valence-electron chi connectivity index (χ4n) is 1.34. The molecule has 2 rings (SSSR count). The molecule has 1 N–H and O–H groups in total. The van der Waals surface area contributed by atoms with E-state index in [1.807, 2.05) is 0 Å². The van der Waals surface area contributed by atoms with Gasteiger partial charge in [0.15, 0.2) is 10.9 Å². The van der Waals surface area contributed by atoms with E-state index in [1.54, 1.807) is 24.3 Å². The normalized spacial score (nSPS) is 10.3. The van der Waals surface area contributed by atoms with Crippen molar-refractivity contribution in [2.45, 2.75) is 4.34 Å². The van der Waals surface area contributed by atoms with E-state index in [4.69, 9.17) is 27.9 Å². The van der Waals surface area contributed by atoms with Gasteiger partial charge < -0.3 is 4.74 Å². The van der Waals surface area contributed by atoms with Crippen LogP contribution in [0, 0.1) is 0 Å². The Bertz CT molecular complexity index is 679. The minimum absolute atomic E-state index is 0.184. The van der Waals surface area contributed by atoms with Gasteiger partial charge in [0.05, 0.1) is 5.02 Å². The van der Waals surface area contributed by atoms with E-state index in [0.29, 0.717) is 20.9 Å². The average molecular weight is 376 g/mol. The molecule has 0 saturated carbocycles. The fraction of sp³-hybridized carbons (Fsp3) is 0.154. The van der Waals surface area contributed by atoms with Gasteiger partial charge in [-0.25, -0.2) is 0 Å². The summed E-state index contributed by atoms with van der Waals surface area (Å²) in [5, 5.41) is 11.7. The van der Waals surface area contributed by atoms with Gasteiger partial charge in [-0.2, -0.15) is 0 Å². The van der Waals surface area contributed by atoms with Crippen LogP contribution in [0.25, 0.3) is 0 Å². The molecule has 2 aromatic rings. The van der Waals surface area contributed by atoms with Gasteiger partial charge in [0.25, 0.3) is 5.91 Å². The van der Waals surface area contributed by atoms with Gasteiger partial charge in [-0.05, 0) is 18.2 Å². The summed E-state index contributed by atoms with van der Waals surface area (Å²) in [5.41, 5.74) is 0. The summed E-state index contributed by atoms with van der Waals surface area (Å²) in [6.45, 7) is 3.44. The summed E-state index contributed by atoms with van der Waals surface area (Å²) >= 11 is 14.5. The van der Waals surface area contributed by atoms with Crippen LogP contribution >= 0.6 is 46.3 Å². The van der Waals surface area contributed by atoms with Crippen LogP contribution in [-0.4, -0.2) is 28.5 Å². The lowest BCUT2D eigenvalue weighted by Crippen LogP contribution is -2.20. The monoisotopic (exact) mass is 375 g/mol. The molecule has 116 valence electrons. The molecule has 0 radical (unpaired) electrons. The Balaban J connectivity index is 1.85. The smallest absolute Gasteiger partial charge is 0.264 e. The number of anilines is 1. The number of nitrogens with one attached hydrogen (secondary N) is 1. The summed E-state index contributed by atoms with van der Waals surface area (Å²) in [7, 11) is 0. The third-order valence-electron chi connectivity index (χ3n) is 2.23. The molecule has 0 unspecified atom stereocenters. The van der Waals surface area contributed by atoms with Gasteiger partial charge in [0, 0.05) is 10.8 Å². The standard InChI is InChI=1S/C13H11Cl2N3O2S2/c1-2-5-21-13-18-17-12(22-13)16-11(19)7-20-10-4-3-8(14)6-9(10)15/h2-4,6H,1,5,7H2,(H,16,17,19). The van der Waals surface area contributed by atoms with Gasteiger partial charge in [-0.1, -0.05) is 52.4 Å². The van der Waals surface area contributed by atoms with E-state index >= 15 is 0 Å². The first-order valence-corrected chi connectivity index (χ1v) is 8.59. The van der Waals surface area contributed by atoms with Crippen molar-refractivity contribution in [2.24, 2.45) is 0 Å². The van der Waals surface area contributed by atoms with Crippen molar-refractivity contribution in [3.63, 3.8) is 0 Å². The number of nitrogens with zero attached hydrogens (tertiary/aromatic N) is 2. The van der Waals surface area contributed by atoms with Crippen molar-refractivity contribution in [2.75, 3.05) is 17.7 Å². The topological polar surface area (TPSA) is 64.1 Å². The van der Waals surface area contributed by atoms with Gasteiger partial charge in [0.1, 0.15) is 5.75 Å². The zero-order valence-electron chi connectivity index (χ0n) is 11.2. The van der Waals surface area contributed by atoms with Gasteiger partial charge in [0.2, 0.25) is 5.13 Å². The number of thioether (sulfide) groups is 1. The highest BCUT2D eigenvalue weighted by Gasteiger charge is 2.10. The van der Waals surface area contributed by atoms with Crippen LogP contribution < -0.4 is 10.1 Å². The molecule has 9 heteroatoms. The van der Waals surface area contributed by atoms with E-state index in [0.717, 1.165) is 10.1 Å². The van der Waals surface area contributed by atoms with Crippen LogP contribution in [0.15, 0.2) is 35.2 Å². The van der Waals surface area contributed by atoms with Crippen molar-refractivity contribution < 1.29 is 9.53 Å². The van der Waals surface area contributed by atoms with Crippen LogP contribution in [0.4, 0.5) is 5.13 Å². The third-order valence-corrected chi connectivity index (χ3v) is 4.73. The highest BCUT2D eigenvalue weighted by atomic mass is 35.5. The van der Waals surface area contributed by atoms with Gasteiger partial charge in [-0.15, -0.1) is 16.8 Å². The Morgan fingerprint density at radius 2 is 2.27 bits per heavy atom. The van der Waals surface area contributed by atoms with E-state index in [2.05, 4.69) is 22.1 Å². The quantitative estimate of drug-likeness (QED) is 0.447. The fourth-order valence-corrected chi connectivity index (χ4v) is 3.33. The molecular weight excluding hydrogens is 365 g/mol.